The molecule has 184 valence electrons. The highest BCUT2D eigenvalue weighted by atomic mass is 32.2. The van der Waals surface area contributed by atoms with Crippen LogP contribution in [0.5, 0.6) is 0 Å². The lowest BCUT2D eigenvalue weighted by atomic mass is 9.92. The lowest BCUT2D eigenvalue weighted by molar-refractivity contribution is -0.0906. The third kappa shape index (κ3) is 5.78. The summed E-state index contributed by atoms with van der Waals surface area (Å²) < 4.78 is 60.2. The van der Waals surface area contributed by atoms with Crippen molar-refractivity contribution in [2.24, 2.45) is 10.9 Å². The summed E-state index contributed by atoms with van der Waals surface area (Å²) in [5.41, 5.74) is 6.15. The number of anilines is 1. The first-order valence-corrected chi connectivity index (χ1v) is 13.0. The zero-order chi connectivity index (χ0) is 24.5. The lowest BCUT2D eigenvalue weighted by Gasteiger charge is -2.20. The summed E-state index contributed by atoms with van der Waals surface area (Å²) in [5, 5.41) is 2.37. The van der Waals surface area contributed by atoms with Gasteiger partial charge in [-0.3, -0.25) is 4.99 Å². The van der Waals surface area contributed by atoms with Crippen LogP contribution in [-0.4, -0.2) is 20.3 Å². The Labute approximate surface area is 201 Å². The quantitative estimate of drug-likeness (QED) is 0.512. The van der Waals surface area contributed by atoms with Crippen molar-refractivity contribution in [3.8, 4) is 0 Å². The summed E-state index contributed by atoms with van der Waals surface area (Å²) in [4.78, 5) is 4.64. The fraction of sp³-hybridized carbons (Fsp3) is 0.346. The molecular weight excluding hydrogens is 461 g/mol. The van der Waals surface area contributed by atoms with Crippen LogP contribution in [0, 0.1) is 5.92 Å². The zero-order valence-electron chi connectivity index (χ0n) is 19.1. The van der Waals surface area contributed by atoms with Crippen molar-refractivity contribution in [1.82, 2.24) is 0 Å². The second kappa shape index (κ2) is 9.41. The van der Waals surface area contributed by atoms with Crippen molar-refractivity contribution in [1.29, 1.82) is 0 Å². The zero-order valence-corrected chi connectivity index (χ0v) is 19.9. The maximum Gasteiger partial charge on any atom is 0.430 e. The van der Waals surface area contributed by atoms with Gasteiger partial charge in [-0.2, -0.15) is 13.2 Å². The Morgan fingerprint density at radius 3 is 2.56 bits per heavy atom. The normalized spacial score (nSPS) is 20.5. The van der Waals surface area contributed by atoms with Crippen LogP contribution in [-0.2, 0) is 34.2 Å². The van der Waals surface area contributed by atoms with Crippen LogP contribution in [0.25, 0.3) is 0 Å². The van der Waals surface area contributed by atoms with E-state index >= 15 is 0 Å². The van der Waals surface area contributed by atoms with Crippen LogP contribution in [0.15, 0.2) is 71.0 Å². The summed E-state index contributed by atoms with van der Waals surface area (Å²) in [6.07, 6.45) is 1.25. The third-order valence-electron chi connectivity index (χ3n) is 6.18. The van der Waals surface area contributed by atoms with Crippen LogP contribution in [0.3, 0.4) is 0 Å². The van der Waals surface area contributed by atoms with E-state index < -0.39 is 21.7 Å². The Bertz CT molecular complexity index is 1300. The van der Waals surface area contributed by atoms with Crippen molar-refractivity contribution in [3.63, 3.8) is 0 Å². The number of alkyl halides is 3. The monoisotopic (exact) mass is 492 g/mol. The maximum absolute atomic E-state index is 12.3. The smallest absolute Gasteiger partial charge is 0.352 e. The summed E-state index contributed by atoms with van der Waals surface area (Å²) >= 11 is 0. The number of benzene rings is 2. The molecule has 2 aromatic carbocycles. The van der Waals surface area contributed by atoms with Gasteiger partial charge in [0.15, 0.2) is 9.84 Å². The molecule has 1 N–H and O–H groups in total. The predicted molar refractivity (Wildman–Crippen MR) is 134 cm³/mol. The van der Waals surface area contributed by atoms with E-state index in [4.69, 9.17) is 0 Å². The number of rotatable bonds is 2. The molecule has 4 nitrogen and oxygen atoms in total. The molecule has 0 bridgehead atoms. The van der Waals surface area contributed by atoms with Crippen molar-refractivity contribution in [3.05, 3.63) is 88.3 Å². The van der Waals surface area contributed by atoms with E-state index in [0.717, 1.165) is 35.2 Å². The molecule has 34 heavy (non-hydrogen) atoms. The highest BCUT2D eigenvalue weighted by Crippen LogP contribution is 2.32. The molecule has 0 saturated heterocycles. The number of fused-ring (bicyclic) bond motifs is 2. The second-order valence-corrected chi connectivity index (χ2v) is 11.1. The number of nitrogens with one attached hydrogen (secondary N) is 1. The molecule has 0 aromatic heterocycles. The van der Waals surface area contributed by atoms with E-state index in [1.807, 2.05) is 37.3 Å². The van der Waals surface area contributed by atoms with Crippen LogP contribution in [0.1, 0.15) is 45.4 Å². The van der Waals surface area contributed by atoms with Crippen LogP contribution >= 0.6 is 0 Å². The SMILES string of the molecule is CC1=CCC(C)C(Cc2ccc3c(c2)CS(=O)(=O)C3)=N1.FC(F)(F)C1=CCc2ccccc2N1.[HH].[HH]. The van der Waals surface area contributed by atoms with Gasteiger partial charge in [0.25, 0.3) is 0 Å². The van der Waals surface area contributed by atoms with Gasteiger partial charge in [-0.1, -0.05) is 55.5 Å². The van der Waals surface area contributed by atoms with E-state index in [-0.39, 0.29) is 14.4 Å². The predicted octanol–water partition coefficient (Wildman–Crippen LogP) is 6.63. The molecule has 3 heterocycles. The molecule has 0 fully saturated rings. The largest absolute Gasteiger partial charge is 0.430 e. The highest BCUT2D eigenvalue weighted by molar-refractivity contribution is 7.90. The van der Waals surface area contributed by atoms with Crippen molar-refractivity contribution < 1.29 is 24.4 Å². The molecule has 0 radical (unpaired) electrons. The minimum atomic E-state index is -4.28. The number of allylic oxidation sites excluding steroid dienone is 4. The molecule has 2 aromatic rings. The Kier molecular flexibility index (Phi) is 6.71. The third-order valence-corrected chi connectivity index (χ3v) is 7.68. The number of hydrogen-bond donors (Lipinski definition) is 1. The Hall–Kier alpha value is -2.87. The number of hydrogen-bond acceptors (Lipinski definition) is 4. The second-order valence-electron chi connectivity index (χ2n) is 9.00. The van der Waals surface area contributed by atoms with E-state index in [2.05, 4.69) is 23.3 Å². The molecule has 8 heteroatoms. The highest BCUT2D eigenvalue weighted by Gasteiger charge is 2.35. The number of sulfone groups is 1. The number of aliphatic imine (C=N–C) groups is 1. The topological polar surface area (TPSA) is 58.5 Å². The van der Waals surface area contributed by atoms with Crippen molar-refractivity contribution >= 4 is 21.2 Å². The minimum Gasteiger partial charge on any atom is -0.352 e. The molecule has 0 aliphatic carbocycles. The lowest BCUT2D eigenvalue weighted by Crippen LogP contribution is -2.22. The van der Waals surface area contributed by atoms with Gasteiger partial charge in [0, 0.05) is 26.4 Å². The van der Waals surface area contributed by atoms with Gasteiger partial charge in [0.1, 0.15) is 5.70 Å². The molecule has 1 atom stereocenters. The molecule has 0 saturated carbocycles. The van der Waals surface area contributed by atoms with Crippen LogP contribution < -0.4 is 5.32 Å². The molecule has 3 aliphatic rings. The summed E-state index contributed by atoms with van der Waals surface area (Å²) in [6, 6.07) is 13.0. The van der Waals surface area contributed by atoms with E-state index in [1.165, 1.54) is 17.4 Å². The molecule has 1 unspecified atom stereocenters. The van der Waals surface area contributed by atoms with Gasteiger partial charge in [-0.25, -0.2) is 8.42 Å². The number of halogens is 3. The molecule has 5 rings (SSSR count). The van der Waals surface area contributed by atoms with Crippen molar-refractivity contribution in [2.75, 3.05) is 5.32 Å². The van der Waals surface area contributed by atoms with E-state index in [0.29, 0.717) is 18.0 Å². The molecular formula is C26H31F3N2O2S. The first-order valence-electron chi connectivity index (χ1n) is 11.2. The molecule has 0 amide bonds. The summed E-state index contributed by atoms with van der Waals surface area (Å²) in [5.74, 6) is 0.856. The van der Waals surface area contributed by atoms with Crippen LogP contribution in [0.2, 0.25) is 0 Å². The first kappa shape index (κ1) is 24.3. The van der Waals surface area contributed by atoms with Gasteiger partial charge in [-0.15, -0.1) is 0 Å². The molecule has 0 spiro atoms. The van der Waals surface area contributed by atoms with Gasteiger partial charge in [-0.05, 0) is 54.0 Å². The molecule has 3 aliphatic heterocycles. The Morgan fingerprint density at radius 1 is 1.06 bits per heavy atom. The average Bonchev–Trinajstić information content (AvgIpc) is 3.09. The Morgan fingerprint density at radius 2 is 1.79 bits per heavy atom. The van der Waals surface area contributed by atoms with Gasteiger partial charge in [0.2, 0.25) is 0 Å². The summed E-state index contributed by atoms with van der Waals surface area (Å²) in [6.45, 7) is 4.22. The standard InChI is InChI=1S/C16H19NO2S.C10H8F3N.2H2/c1-11-3-4-12(2)17-16(11)8-13-5-6-14-9-20(18,19)10-15(14)7-13;11-10(12,13)9-6-5-7-3-1-2-4-8(7)14-9;;/h4-7,11H,3,8-10H2,1-2H3;1-4,6,14H,5H2;2*1H. The van der Waals surface area contributed by atoms with E-state index in [1.54, 1.807) is 12.1 Å². The number of para-hydroxylation sites is 1. The van der Waals surface area contributed by atoms with Gasteiger partial charge in [0.05, 0.1) is 11.5 Å². The number of nitrogens with zero attached hydrogens (tertiary/aromatic N) is 1. The van der Waals surface area contributed by atoms with Gasteiger partial charge >= 0.3 is 6.18 Å². The Balaban J connectivity index is 0.000000254. The van der Waals surface area contributed by atoms with E-state index in [9.17, 15) is 21.6 Å². The minimum absolute atomic E-state index is 0. The van der Waals surface area contributed by atoms with Crippen LogP contribution in [0.4, 0.5) is 18.9 Å². The average molecular weight is 493 g/mol. The van der Waals surface area contributed by atoms with Gasteiger partial charge < -0.3 is 5.32 Å². The first-order chi connectivity index (χ1) is 16.0. The fourth-order valence-corrected chi connectivity index (χ4v) is 5.89. The van der Waals surface area contributed by atoms with Crippen molar-refractivity contribution in [2.45, 2.75) is 50.8 Å². The maximum atomic E-state index is 12.3. The summed E-state index contributed by atoms with van der Waals surface area (Å²) in [7, 11) is -2.91. The fourth-order valence-electron chi connectivity index (χ4n) is 4.29.